The van der Waals surface area contributed by atoms with Crippen molar-refractivity contribution in [3.8, 4) is 17.2 Å². The van der Waals surface area contributed by atoms with Crippen molar-refractivity contribution in [1.29, 1.82) is 0 Å². The molecule has 0 aromatic heterocycles. The Labute approximate surface area is 209 Å². The highest BCUT2D eigenvalue weighted by atomic mass is 19.1. The summed E-state index contributed by atoms with van der Waals surface area (Å²) in [6, 6.07) is 11.3. The van der Waals surface area contributed by atoms with Crippen molar-refractivity contribution in [2.75, 3.05) is 33.1 Å². The molecule has 4 rings (SSSR count). The van der Waals surface area contributed by atoms with Gasteiger partial charge in [0.2, 0.25) is 12.7 Å². The molecule has 1 fully saturated rings. The number of halogens is 1. The number of carbonyl (C=O) groups is 1. The second-order valence-corrected chi connectivity index (χ2v) is 8.55. The topological polar surface area (TPSA) is 153 Å². The predicted molar refractivity (Wildman–Crippen MR) is 121 cm³/mol. The van der Waals surface area contributed by atoms with Gasteiger partial charge in [0.25, 0.3) is 10.2 Å². The third-order valence-corrected chi connectivity index (χ3v) is 6.20. The molecule has 1 saturated heterocycles. The highest BCUT2D eigenvalue weighted by Gasteiger charge is 2.34. The lowest BCUT2D eigenvalue weighted by molar-refractivity contribution is -0.789. The van der Waals surface area contributed by atoms with Crippen molar-refractivity contribution < 1.29 is 43.2 Å². The van der Waals surface area contributed by atoms with Gasteiger partial charge in [-0.05, 0) is 42.2 Å². The second kappa shape index (κ2) is 11.6. The van der Waals surface area contributed by atoms with Gasteiger partial charge in [-0.1, -0.05) is 12.1 Å². The first-order valence-corrected chi connectivity index (χ1v) is 11.4. The molecular formula is C23H24FN3O10. The van der Waals surface area contributed by atoms with Gasteiger partial charge >= 0.3 is 0 Å². The fourth-order valence-corrected chi connectivity index (χ4v) is 4.46. The van der Waals surface area contributed by atoms with Crippen LogP contribution < -0.4 is 14.2 Å². The van der Waals surface area contributed by atoms with E-state index in [-0.39, 0.29) is 37.6 Å². The van der Waals surface area contributed by atoms with Crippen LogP contribution in [0, 0.1) is 32.0 Å². The van der Waals surface area contributed by atoms with E-state index in [2.05, 4.69) is 9.68 Å². The monoisotopic (exact) mass is 521 g/mol. The Morgan fingerprint density at radius 1 is 1.11 bits per heavy atom. The number of likely N-dealkylation sites (tertiary alicyclic amines) is 1. The number of piperidine rings is 1. The number of benzene rings is 2. The largest absolute Gasteiger partial charge is 0.493 e. The number of rotatable bonds is 11. The van der Waals surface area contributed by atoms with Gasteiger partial charge in [0.15, 0.2) is 11.5 Å². The summed E-state index contributed by atoms with van der Waals surface area (Å²) in [7, 11) is 0. The summed E-state index contributed by atoms with van der Waals surface area (Å²) in [6.07, 6.45) is -1.39. The van der Waals surface area contributed by atoms with E-state index in [1.54, 1.807) is 30.3 Å². The van der Waals surface area contributed by atoms with E-state index >= 15 is 0 Å². The van der Waals surface area contributed by atoms with Crippen molar-refractivity contribution in [1.82, 2.24) is 4.90 Å². The number of ether oxygens (including phenoxy) is 3. The molecule has 0 bridgehead atoms. The molecule has 13 nitrogen and oxygen atoms in total. The van der Waals surface area contributed by atoms with Gasteiger partial charge in [-0.2, -0.15) is 0 Å². The van der Waals surface area contributed by atoms with Crippen LogP contribution in [0.1, 0.15) is 24.3 Å². The minimum atomic E-state index is -1.44. The van der Waals surface area contributed by atoms with Gasteiger partial charge in [-0.25, -0.2) is 4.39 Å². The van der Waals surface area contributed by atoms with Gasteiger partial charge in [0.1, 0.15) is 24.3 Å². The van der Waals surface area contributed by atoms with Crippen molar-refractivity contribution in [3.63, 3.8) is 0 Å². The summed E-state index contributed by atoms with van der Waals surface area (Å²) in [6.45, 7) is 0.140. The first kappa shape index (κ1) is 25.7. The summed E-state index contributed by atoms with van der Waals surface area (Å²) < 4.78 is 30.2. The molecule has 2 aliphatic heterocycles. The van der Waals surface area contributed by atoms with Crippen LogP contribution in [0.25, 0.3) is 0 Å². The molecule has 0 saturated carbocycles. The van der Waals surface area contributed by atoms with Crippen molar-refractivity contribution in [2.45, 2.75) is 24.9 Å². The normalized spacial score (nSPS) is 19.1. The first-order valence-electron chi connectivity index (χ1n) is 11.4. The number of hydrogen-bond acceptors (Lipinski definition) is 10. The number of fused-ring (bicyclic) bond motifs is 1. The van der Waals surface area contributed by atoms with Gasteiger partial charge in [-0.3, -0.25) is 4.79 Å². The van der Waals surface area contributed by atoms with Crippen LogP contribution in [0.3, 0.4) is 0 Å². The second-order valence-electron chi connectivity index (χ2n) is 8.55. The molecule has 0 aliphatic carbocycles. The Morgan fingerprint density at radius 3 is 2.59 bits per heavy atom. The summed E-state index contributed by atoms with van der Waals surface area (Å²) in [4.78, 5) is 44.2. The highest BCUT2D eigenvalue weighted by molar-refractivity contribution is 5.76. The average Bonchev–Trinajstić information content (AvgIpc) is 3.34. The molecule has 14 heteroatoms. The molecule has 0 N–H and O–H groups in total. The molecule has 2 heterocycles. The number of hydrogen-bond donors (Lipinski definition) is 0. The minimum Gasteiger partial charge on any atom is -0.493 e. The van der Waals surface area contributed by atoms with E-state index in [1.165, 1.54) is 17.0 Å². The average molecular weight is 521 g/mol. The SMILES string of the molecule is O=C(CC(CO[N+](=O)[O-])O[N+](=O)[O-])N1CC[C@@H](c2ccc(F)cc2)[C@H](COc2ccc3c(c2)OCO3)C1. The highest BCUT2D eigenvalue weighted by Crippen LogP contribution is 2.37. The molecule has 37 heavy (non-hydrogen) atoms. The van der Waals surface area contributed by atoms with Crippen LogP contribution >= 0.6 is 0 Å². The molecule has 1 amide bonds. The van der Waals surface area contributed by atoms with Crippen LogP contribution in [0.15, 0.2) is 42.5 Å². The first-order chi connectivity index (χ1) is 17.8. The van der Waals surface area contributed by atoms with Crippen LogP contribution in [-0.2, 0) is 14.5 Å². The summed E-state index contributed by atoms with van der Waals surface area (Å²) >= 11 is 0. The Bertz CT molecular complexity index is 1130. The Balaban J connectivity index is 1.45. The summed E-state index contributed by atoms with van der Waals surface area (Å²) in [5.41, 5.74) is 0.890. The lowest BCUT2D eigenvalue weighted by Gasteiger charge is -2.39. The third-order valence-electron chi connectivity index (χ3n) is 6.20. The summed E-state index contributed by atoms with van der Waals surface area (Å²) in [5.74, 6) is 0.603. The van der Waals surface area contributed by atoms with Crippen molar-refractivity contribution >= 4 is 5.91 Å². The van der Waals surface area contributed by atoms with Crippen LogP contribution in [-0.4, -0.2) is 60.2 Å². The van der Waals surface area contributed by atoms with E-state index in [1.807, 2.05) is 0 Å². The van der Waals surface area contributed by atoms with Crippen LogP contribution in [0.5, 0.6) is 17.2 Å². The quantitative estimate of drug-likeness (QED) is 0.319. The number of carbonyl (C=O) groups excluding carboxylic acids is 1. The molecule has 2 aromatic carbocycles. The zero-order chi connectivity index (χ0) is 26.4. The molecule has 1 unspecified atom stereocenters. The lowest BCUT2D eigenvalue weighted by atomic mass is 9.80. The predicted octanol–water partition coefficient (Wildman–Crippen LogP) is 2.74. The number of amides is 1. The van der Waals surface area contributed by atoms with Gasteiger partial charge in [-0.15, -0.1) is 20.2 Å². The van der Waals surface area contributed by atoms with E-state index in [0.29, 0.717) is 30.2 Å². The van der Waals surface area contributed by atoms with E-state index in [4.69, 9.17) is 14.2 Å². The molecular weight excluding hydrogens is 497 g/mol. The van der Waals surface area contributed by atoms with Gasteiger partial charge in [0, 0.05) is 25.1 Å². The van der Waals surface area contributed by atoms with E-state index < -0.39 is 35.2 Å². The molecule has 3 atom stereocenters. The van der Waals surface area contributed by atoms with E-state index in [0.717, 1.165) is 5.56 Å². The fourth-order valence-electron chi connectivity index (χ4n) is 4.46. The standard InChI is InChI=1S/C23H24FN3O10/c24-17-3-1-15(2-4-17)20-7-8-25(23(28)10-19(37-27(31)32)13-36-26(29)30)11-16(20)12-33-18-5-6-21-22(9-18)35-14-34-21/h1-6,9,16,19-20H,7-8,10-14H2/t16-,19?,20-/m0/s1. The third kappa shape index (κ3) is 6.86. The van der Waals surface area contributed by atoms with E-state index in [9.17, 15) is 29.4 Å². The number of nitrogens with zero attached hydrogens (tertiary/aromatic N) is 3. The maximum absolute atomic E-state index is 13.5. The molecule has 2 aromatic rings. The maximum Gasteiger partial charge on any atom is 0.294 e. The lowest BCUT2D eigenvalue weighted by Crippen LogP contribution is -2.46. The Kier molecular flexibility index (Phi) is 8.05. The smallest absolute Gasteiger partial charge is 0.294 e. The van der Waals surface area contributed by atoms with Gasteiger partial charge in [0.05, 0.1) is 13.0 Å². The Morgan fingerprint density at radius 2 is 1.86 bits per heavy atom. The van der Waals surface area contributed by atoms with Crippen molar-refractivity contribution in [2.24, 2.45) is 5.92 Å². The molecule has 0 spiro atoms. The van der Waals surface area contributed by atoms with Crippen molar-refractivity contribution in [3.05, 3.63) is 74.1 Å². The molecule has 0 radical (unpaired) electrons. The fraction of sp³-hybridized carbons (Fsp3) is 0.435. The minimum absolute atomic E-state index is 0.0534. The zero-order valence-corrected chi connectivity index (χ0v) is 19.5. The van der Waals surface area contributed by atoms with Gasteiger partial charge < -0.3 is 28.8 Å². The van der Waals surface area contributed by atoms with Crippen LogP contribution in [0.4, 0.5) is 4.39 Å². The zero-order valence-electron chi connectivity index (χ0n) is 19.5. The van der Waals surface area contributed by atoms with Crippen LogP contribution in [0.2, 0.25) is 0 Å². The maximum atomic E-state index is 13.5. The molecule has 198 valence electrons. The Hall–Kier alpha value is -4.36. The molecule has 2 aliphatic rings. The summed E-state index contributed by atoms with van der Waals surface area (Å²) in [5, 5.41) is 19.0.